The van der Waals surface area contributed by atoms with E-state index in [1.807, 2.05) is 13.0 Å². The first-order chi connectivity index (χ1) is 16.3. The zero-order chi connectivity index (χ0) is 26.4. The van der Waals surface area contributed by atoms with Gasteiger partial charge in [-0.25, -0.2) is 9.59 Å². The van der Waals surface area contributed by atoms with Gasteiger partial charge in [-0.15, -0.1) is 0 Å². The molecule has 0 fully saturated rings. The first-order valence-electron chi connectivity index (χ1n) is 11.6. The number of carbonyl (C=O) groups is 4. The molecule has 0 spiro atoms. The van der Waals surface area contributed by atoms with Gasteiger partial charge < -0.3 is 24.8 Å². The van der Waals surface area contributed by atoms with Crippen molar-refractivity contribution < 1.29 is 33.4 Å². The Morgan fingerprint density at radius 1 is 1.11 bits per heavy atom. The zero-order valence-electron chi connectivity index (χ0n) is 21.5. The maximum absolute atomic E-state index is 12.9. The molecule has 0 radical (unpaired) electrons. The number of alkyl carbamates (subject to hydrolysis) is 1. The highest BCUT2D eigenvalue weighted by Crippen LogP contribution is 2.35. The van der Waals surface area contributed by atoms with Crippen molar-refractivity contribution in [3.05, 3.63) is 47.7 Å². The summed E-state index contributed by atoms with van der Waals surface area (Å²) < 4.78 is 15.9. The summed E-state index contributed by atoms with van der Waals surface area (Å²) >= 11 is 0. The molecule has 2 N–H and O–H groups in total. The number of ketones is 1. The highest BCUT2D eigenvalue weighted by atomic mass is 16.6. The number of ether oxygens (including phenoxy) is 3. The molecule has 0 aliphatic carbocycles. The minimum Gasteiger partial charge on any atom is -0.469 e. The smallest absolute Gasteiger partial charge is 0.407 e. The van der Waals surface area contributed by atoms with Crippen LogP contribution in [0.15, 0.2) is 42.2 Å². The van der Waals surface area contributed by atoms with Gasteiger partial charge in [0, 0.05) is 18.2 Å². The summed E-state index contributed by atoms with van der Waals surface area (Å²) in [5, 5.41) is 5.36. The molecule has 2 amide bonds. The van der Waals surface area contributed by atoms with Crippen LogP contribution in [-0.4, -0.2) is 49.1 Å². The summed E-state index contributed by atoms with van der Waals surface area (Å²) in [6.07, 6.45) is 1.12. The van der Waals surface area contributed by atoms with E-state index in [2.05, 4.69) is 10.6 Å². The lowest BCUT2D eigenvalue weighted by Gasteiger charge is -2.27. The fourth-order valence-corrected chi connectivity index (χ4v) is 3.82. The fraction of sp³-hybridized carbons (Fsp3) is 0.538. The molecule has 0 saturated carbocycles. The standard InChI is InChI=1S/C26H36N2O7/c1-16(15-27-24(32)35-25(3,4)5)13-17(2)21(23(31)33-7)28-22(30)19-14-20(29)26(6,34-19)18-11-9-8-10-12-18/h8-12,14,16-17,21H,13,15H2,1-7H3,(H,27,32)(H,28,30). The van der Waals surface area contributed by atoms with E-state index in [-0.39, 0.29) is 23.4 Å². The molecule has 192 valence electrons. The second-order valence-corrected chi connectivity index (χ2v) is 10.0. The summed E-state index contributed by atoms with van der Waals surface area (Å²) in [4.78, 5) is 50.0. The Morgan fingerprint density at radius 2 is 1.74 bits per heavy atom. The Bertz CT molecular complexity index is 968. The van der Waals surface area contributed by atoms with Crippen LogP contribution in [0.25, 0.3) is 0 Å². The molecule has 1 heterocycles. The summed E-state index contributed by atoms with van der Waals surface area (Å²) in [6.45, 7) is 11.0. The van der Waals surface area contributed by atoms with E-state index in [1.54, 1.807) is 58.9 Å². The molecule has 35 heavy (non-hydrogen) atoms. The summed E-state index contributed by atoms with van der Waals surface area (Å²) in [5.74, 6) is -2.18. The van der Waals surface area contributed by atoms with Crippen molar-refractivity contribution >= 4 is 23.8 Å². The Morgan fingerprint density at radius 3 is 2.31 bits per heavy atom. The number of hydrogen-bond acceptors (Lipinski definition) is 7. The van der Waals surface area contributed by atoms with Crippen LogP contribution in [0.1, 0.15) is 53.5 Å². The Hall–Kier alpha value is -3.36. The Labute approximate surface area is 206 Å². The molecule has 0 saturated heterocycles. The van der Waals surface area contributed by atoms with Gasteiger partial charge in [0.25, 0.3) is 5.91 Å². The van der Waals surface area contributed by atoms with Crippen LogP contribution in [0.3, 0.4) is 0 Å². The first kappa shape index (κ1) is 27.9. The van der Waals surface area contributed by atoms with Crippen LogP contribution in [0.4, 0.5) is 4.79 Å². The second kappa shape index (κ2) is 11.4. The van der Waals surface area contributed by atoms with Gasteiger partial charge in [0.2, 0.25) is 5.78 Å². The average Bonchev–Trinajstić information content (AvgIpc) is 3.10. The highest BCUT2D eigenvalue weighted by Gasteiger charge is 2.44. The molecule has 4 atom stereocenters. The van der Waals surface area contributed by atoms with Gasteiger partial charge in [-0.3, -0.25) is 9.59 Å². The predicted octanol–water partition coefficient (Wildman–Crippen LogP) is 3.23. The number of methoxy groups -OCH3 is 1. The average molecular weight is 489 g/mol. The lowest BCUT2D eigenvalue weighted by Crippen LogP contribution is -2.47. The van der Waals surface area contributed by atoms with E-state index < -0.39 is 35.2 Å². The van der Waals surface area contributed by atoms with Crippen LogP contribution < -0.4 is 10.6 Å². The molecule has 0 bridgehead atoms. The maximum Gasteiger partial charge on any atom is 0.407 e. The number of esters is 1. The van der Waals surface area contributed by atoms with E-state index in [9.17, 15) is 19.2 Å². The largest absolute Gasteiger partial charge is 0.469 e. The van der Waals surface area contributed by atoms with Crippen LogP contribution in [0, 0.1) is 11.8 Å². The Kier molecular flexibility index (Phi) is 9.06. The molecular weight excluding hydrogens is 452 g/mol. The van der Waals surface area contributed by atoms with Gasteiger partial charge in [-0.2, -0.15) is 0 Å². The maximum atomic E-state index is 12.9. The van der Waals surface area contributed by atoms with Gasteiger partial charge >= 0.3 is 12.1 Å². The topological polar surface area (TPSA) is 120 Å². The normalized spacial score (nSPS) is 20.1. The first-order valence-corrected chi connectivity index (χ1v) is 11.6. The molecular formula is C26H36N2O7. The number of amides is 2. The minimum atomic E-state index is -1.32. The molecule has 0 aromatic heterocycles. The quantitative estimate of drug-likeness (QED) is 0.512. The van der Waals surface area contributed by atoms with Gasteiger partial charge in [-0.05, 0) is 46.0 Å². The predicted molar refractivity (Wildman–Crippen MR) is 129 cm³/mol. The number of nitrogens with one attached hydrogen (secondary N) is 2. The van der Waals surface area contributed by atoms with Crippen LogP contribution in [0.5, 0.6) is 0 Å². The monoisotopic (exact) mass is 488 g/mol. The highest BCUT2D eigenvalue weighted by molar-refractivity contribution is 6.08. The van der Waals surface area contributed by atoms with Crippen molar-refractivity contribution in [2.24, 2.45) is 11.8 Å². The third-order valence-corrected chi connectivity index (χ3v) is 5.67. The second-order valence-electron chi connectivity index (χ2n) is 10.0. The molecule has 9 nitrogen and oxygen atoms in total. The number of hydrogen-bond donors (Lipinski definition) is 2. The van der Waals surface area contributed by atoms with Gasteiger partial charge in [-0.1, -0.05) is 44.2 Å². The Balaban J connectivity index is 2.01. The van der Waals surface area contributed by atoms with Gasteiger partial charge in [0.1, 0.15) is 11.6 Å². The van der Waals surface area contributed by atoms with E-state index in [1.165, 1.54) is 7.11 Å². The van der Waals surface area contributed by atoms with Gasteiger partial charge in [0.15, 0.2) is 11.4 Å². The molecule has 1 aromatic rings. The number of benzene rings is 1. The van der Waals surface area contributed by atoms with Crippen molar-refractivity contribution in [1.82, 2.24) is 10.6 Å². The van der Waals surface area contributed by atoms with E-state index in [0.717, 1.165) is 6.08 Å². The lowest BCUT2D eigenvalue weighted by atomic mass is 9.91. The SMILES string of the molecule is COC(=O)C(NC(=O)C1=CC(=O)C(C)(c2ccccc2)O1)C(C)CC(C)CNC(=O)OC(C)(C)C. The third-order valence-electron chi connectivity index (χ3n) is 5.67. The van der Waals surface area contributed by atoms with Crippen LogP contribution >= 0.6 is 0 Å². The fourth-order valence-electron chi connectivity index (χ4n) is 3.82. The zero-order valence-corrected chi connectivity index (χ0v) is 21.5. The van der Waals surface area contributed by atoms with Crippen molar-refractivity contribution in [3.8, 4) is 0 Å². The van der Waals surface area contributed by atoms with Gasteiger partial charge in [0.05, 0.1) is 7.11 Å². The van der Waals surface area contributed by atoms with Crippen molar-refractivity contribution in [2.45, 2.75) is 65.2 Å². The van der Waals surface area contributed by atoms with Crippen LogP contribution in [0.2, 0.25) is 0 Å². The summed E-state index contributed by atoms with van der Waals surface area (Å²) in [7, 11) is 1.24. The molecule has 1 aliphatic heterocycles. The lowest BCUT2D eigenvalue weighted by molar-refractivity contribution is -0.147. The third kappa shape index (κ3) is 7.56. The minimum absolute atomic E-state index is 0.0218. The number of carbonyl (C=O) groups excluding carboxylic acids is 4. The molecule has 9 heteroatoms. The summed E-state index contributed by atoms with van der Waals surface area (Å²) in [6, 6.07) is 7.91. The number of rotatable bonds is 9. The van der Waals surface area contributed by atoms with Crippen LogP contribution in [-0.2, 0) is 34.2 Å². The van der Waals surface area contributed by atoms with Crippen molar-refractivity contribution in [2.75, 3.05) is 13.7 Å². The summed E-state index contributed by atoms with van der Waals surface area (Å²) in [5.41, 5.74) is -1.30. The van der Waals surface area contributed by atoms with E-state index in [4.69, 9.17) is 14.2 Å². The molecule has 1 aliphatic rings. The van der Waals surface area contributed by atoms with E-state index in [0.29, 0.717) is 18.5 Å². The van der Waals surface area contributed by atoms with Crippen molar-refractivity contribution in [3.63, 3.8) is 0 Å². The molecule has 4 unspecified atom stereocenters. The van der Waals surface area contributed by atoms with E-state index >= 15 is 0 Å². The molecule has 1 aromatic carbocycles. The van der Waals surface area contributed by atoms with Crippen molar-refractivity contribution in [1.29, 1.82) is 0 Å². The molecule has 2 rings (SSSR count).